The van der Waals surface area contributed by atoms with Gasteiger partial charge in [-0.2, -0.15) is 13.2 Å². The zero-order chi connectivity index (χ0) is 15.5. The van der Waals surface area contributed by atoms with Crippen molar-refractivity contribution in [2.24, 2.45) is 16.8 Å². The van der Waals surface area contributed by atoms with Crippen molar-refractivity contribution in [3.8, 4) is 0 Å². The minimum absolute atomic E-state index is 0.229. The van der Waals surface area contributed by atoms with E-state index < -0.39 is 35.1 Å². The molecule has 20 heavy (non-hydrogen) atoms. The summed E-state index contributed by atoms with van der Waals surface area (Å²) in [5.74, 6) is -2.27. The van der Waals surface area contributed by atoms with Gasteiger partial charge in [0, 0.05) is 4.47 Å². The molecule has 0 aliphatic carbocycles. The summed E-state index contributed by atoms with van der Waals surface area (Å²) in [5.41, 5.74) is 3.84. The van der Waals surface area contributed by atoms with E-state index in [9.17, 15) is 18.0 Å². The molecule has 5 nitrogen and oxygen atoms in total. The molecule has 0 saturated carbocycles. The van der Waals surface area contributed by atoms with Crippen LogP contribution in [0, 0.1) is 5.92 Å². The normalized spacial score (nSPS) is 13.9. The maximum atomic E-state index is 12.8. The fourth-order valence-corrected chi connectivity index (χ4v) is 1.68. The largest absolute Gasteiger partial charge is 0.418 e. The predicted molar refractivity (Wildman–Crippen MR) is 70.3 cm³/mol. The van der Waals surface area contributed by atoms with E-state index in [2.05, 4.69) is 26.4 Å². The third kappa shape index (κ3) is 3.86. The summed E-state index contributed by atoms with van der Waals surface area (Å²) in [4.78, 5) is 11.7. The highest BCUT2D eigenvalue weighted by Crippen LogP contribution is 2.36. The van der Waals surface area contributed by atoms with Crippen LogP contribution in [0.2, 0.25) is 0 Å². The number of hydrogen-bond acceptors (Lipinski definition) is 3. The first-order valence-corrected chi connectivity index (χ1v) is 6.11. The average Bonchev–Trinajstić information content (AvgIpc) is 2.37. The Hall–Kier alpha value is -1.77. The number of nitrogens with one attached hydrogen (secondary N) is 1. The number of alkyl halides is 3. The summed E-state index contributed by atoms with van der Waals surface area (Å²) in [7, 11) is 0. The van der Waals surface area contributed by atoms with Crippen molar-refractivity contribution in [2.75, 3.05) is 5.32 Å². The number of rotatable bonds is 3. The van der Waals surface area contributed by atoms with Crippen LogP contribution in [0.25, 0.3) is 0 Å². The molecular formula is C11H11BrF3N3O2. The first kappa shape index (κ1) is 16.3. The average molecular weight is 354 g/mol. The third-order valence-corrected chi connectivity index (χ3v) is 2.99. The number of anilines is 1. The zero-order valence-electron chi connectivity index (χ0n) is 10.2. The van der Waals surface area contributed by atoms with Gasteiger partial charge >= 0.3 is 6.18 Å². The molecule has 1 amide bonds. The number of nitrogens with two attached hydrogens (primary N) is 1. The summed E-state index contributed by atoms with van der Waals surface area (Å²) in [5, 5.41) is 13.2. The van der Waals surface area contributed by atoms with E-state index in [4.69, 9.17) is 10.9 Å². The number of oxime groups is 1. The molecule has 110 valence electrons. The Labute approximate surface area is 120 Å². The molecule has 0 radical (unpaired) electrons. The molecule has 0 spiro atoms. The zero-order valence-corrected chi connectivity index (χ0v) is 11.8. The minimum Gasteiger partial charge on any atom is -0.409 e. The molecule has 1 unspecified atom stereocenters. The van der Waals surface area contributed by atoms with Crippen molar-refractivity contribution in [1.29, 1.82) is 0 Å². The lowest BCUT2D eigenvalue weighted by atomic mass is 10.1. The SMILES string of the molecule is CC(C(=O)Nc1ccc(Br)cc1C(F)(F)F)C(N)=NO. The van der Waals surface area contributed by atoms with E-state index in [0.29, 0.717) is 0 Å². The van der Waals surface area contributed by atoms with Gasteiger partial charge in [0.2, 0.25) is 5.91 Å². The van der Waals surface area contributed by atoms with E-state index in [1.54, 1.807) is 0 Å². The second-order valence-corrected chi connectivity index (χ2v) is 4.84. The number of amidine groups is 1. The molecule has 0 saturated heterocycles. The van der Waals surface area contributed by atoms with Crippen LogP contribution in [-0.4, -0.2) is 17.0 Å². The molecule has 0 bridgehead atoms. The maximum Gasteiger partial charge on any atom is 0.418 e. The Morgan fingerprint density at radius 2 is 2.10 bits per heavy atom. The van der Waals surface area contributed by atoms with Crippen LogP contribution in [0.3, 0.4) is 0 Å². The van der Waals surface area contributed by atoms with E-state index in [-0.39, 0.29) is 4.47 Å². The third-order valence-electron chi connectivity index (χ3n) is 2.50. The Balaban J connectivity index is 3.07. The summed E-state index contributed by atoms with van der Waals surface area (Å²) in [6.07, 6.45) is -4.62. The molecule has 1 atom stereocenters. The first-order valence-electron chi connectivity index (χ1n) is 5.32. The second-order valence-electron chi connectivity index (χ2n) is 3.92. The predicted octanol–water partition coefficient (Wildman–Crippen LogP) is 2.79. The summed E-state index contributed by atoms with van der Waals surface area (Å²) in [6.45, 7) is 1.30. The van der Waals surface area contributed by atoms with Gasteiger partial charge in [0.25, 0.3) is 0 Å². The fraction of sp³-hybridized carbons (Fsp3) is 0.273. The van der Waals surface area contributed by atoms with Gasteiger partial charge in [-0.1, -0.05) is 21.1 Å². The molecule has 0 heterocycles. The second kappa shape index (κ2) is 6.12. The molecule has 0 aromatic heterocycles. The van der Waals surface area contributed by atoms with Crippen LogP contribution in [0.5, 0.6) is 0 Å². The van der Waals surface area contributed by atoms with E-state index in [0.717, 1.165) is 12.1 Å². The van der Waals surface area contributed by atoms with Crippen molar-refractivity contribution in [1.82, 2.24) is 0 Å². The highest BCUT2D eigenvalue weighted by atomic mass is 79.9. The maximum absolute atomic E-state index is 12.8. The van der Waals surface area contributed by atoms with Crippen molar-refractivity contribution >= 4 is 33.4 Å². The molecule has 4 N–H and O–H groups in total. The van der Waals surface area contributed by atoms with Gasteiger partial charge in [-0.3, -0.25) is 4.79 Å². The minimum atomic E-state index is -4.62. The molecule has 1 aromatic carbocycles. The van der Waals surface area contributed by atoms with Crippen LogP contribution in [-0.2, 0) is 11.0 Å². The standard InChI is InChI=1S/C11H11BrF3N3O2/c1-5(9(16)18-20)10(19)17-8-3-2-6(12)4-7(8)11(13,14)15/h2-5,20H,1H3,(H2,16,18)(H,17,19). The molecule has 0 fully saturated rings. The Bertz CT molecular complexity index is 546. The topological polar surface area (TPSA) is 87.7 Å². The summed E-state index contributed by atoms with van der Waals surface area (Å²) < 4.78 is 38.8. The number of nitrogens with zero attached hydrogens (tertiary/aromatic N) is 1. The van der Waals surface area contributed by atoms with Crippen LogP contribution in [0.15, 0.2) is 27.8 Å². The molecule has 1 rings (SSSR count). The Morgan fingerprint density at radius 3 is 2.60 bits per heavy atom. The lowest BCUT2D eigenvalue weighted by Gasteiger charge is -2.16. The molecule has 0 aliphatic rings. The number of benzene rings is 1. The Kier molecular flexibility index (Phi) is 4.98. The highest BCUT2D eigenvalue weighted by Gasteiger charge is 2.34. The van der Waals surface area contributed by atoms with Crippen LogP contribution in [0.4, 0.5) is 18.9 Å². The van der Waals surface area contributed by atoms with Crippen molar-refractivity contribution < 1.29 is 23.2 Å². The molecule has 9 heteroatoms. The lowest BCUT2D eigenvalue weighted by molar-refractivity contribution is -0.137. The number of amides is 1. The number of carbonyl (C=O) groups is 1. The van der Waals surface area contributed by atoms with E-state index in [1.807, 2.05) is 0 Å². The summed E-state index contributed by atoms with van der Waals surface area (Å²) in [6, 6.07) is 3.33. The van der Waals surface area contributed by atoms with Gasteiger partial charge in [0.1, 0.15) is 0 Å². The van der Waals surface area contributed by atoms with E-state index in [1.165, 1.54) is 13.0 Å². The number of halogens is 4. The van der Waals surface area contributed by atoms with Gasteiger partial charge in [-0.15, -0.1) is 0 Å². The van der Waals surface area contributed by atoms with Gasteiger partial charge in [-0.25, -0.2) is 0 Å². The fourth-order valence-electron chi connectivity index (χ4n) is 1.32. The van der Waals surface area contributed by atoms with Gasteiger partial charge < -0.3 is 16.3 Å². The van der Waals surface area contributed by atoms with Gasteiger partial charge in [0.15, 0.2) is 5.84 Å². The number of hydrogen-bond donors (Lipinski definition) is 3. The molecule has 0 aliphatic heterocycles. The van der Waals surface area contributed by atoms with Crippen molar-refractivity contribution in [2.45, 2.75) is 13.1 Å². The van der Waals surface area contributed by atoms with Crippen LogP contribution >= 0.6 is 15.9 Å². The molecular weight excluding hydrogens is 343 g/mol. The van der Waals surface area contributed by atoms with Gasteiger partial charge in [0.05, 0.1) is 17.2 Å². The van der Waals surface area contributed by atoms with Crippen molar-refractivity contribution in [3.63, 3.8) is 0 Å². The number of carbonyl (C=O) groups excluding carboxylic acids is 1. The first-order chi connectivity index (χ1) is 9.16. The summed E-state index contributed by atoms with van der Waals surface area (Å²) >= 11 is 2.93. The van der Waals surface area contributed by atoms with E-state index >= 15 is 0 Å². The monoisotopic (exact) mass is 353 g/mol. The van der Waals surface area contributed by atoms with Gasteiger partial charge in [-0.05, 0) is 25.1 Å². The smallest absolute Gasteiger partial charge is 0.409 e. The highest BCUT2D eigenvalue weighted by molar-refractivity contribution is 9.10. The lowest BCUT2D eigenvalue weighted by Crippen LogP contribution is -2.33. The van der Waals surface area contributed by atoms with Crippen molar-refractivity contribution in [3.05, 3.63) is 28.2 Å². The molecule has 1 aromatic rings. The van der Waals surface area contributed by atoms with Crippen LogP contribution < -0.4 is 11.1 Å². The van der Waals surface area contributed by atoms with Crippen LogP contribution in [0.1, 0.15) is 12.5 Å². The quantitative estimate of drug-likeness (QED) is 0.338. The Morgan fingerprint density at radius 1 is 1.50 bits per heavy atom.